The zero-order valence-corrected chi connectivity index (χ0v) is 4.45. The summed E-state index contributed by atoms with van der Waals surface area (Å²) in [6.07, 6.45) is 0. The summed E-state index contributed by atoms with van der Waals surface area (Å²) < 4.78 is 50.6. The Labute approximate surface area is 64.1 Å². The molecule has 0 amide bonds. The molecule has 1 N–H and O–H groups in total. The molecule has 0 radical (unpaired) electrons. The molecule has 1 nitrogen and oxygen atoms in total. The average Bonchev–Trinajstić information content (AvgIpc) is 2.23. The van der Waals surface area contributed by atoms with Crippen LogP contribution in [0.5, 0.6) is 5.75 Å². The minimum absolute atomic E-state index is 0.451. The maximum Gasteiger partial charge on any atom is 0.115 e. The Kier molecular flexibility index (Phi) is 0.426. The zero-order valence-electron chi connectivity index (χ0n) is 11.4. The Balaban J connectivity index is 3.72. The Morgan fingerprint density at radius 1 is 1.67 bits per heavy atom. The fourth-order valence-electron chi connectivity index (χ4n) is 0.368. The van der Waals surface area contributed by atoms with E-state index in [4.69, 9.17) is 9.60 Å². The van der Waals surface area contributed by atoms with Gasteiger partial charge in [-0.25, -0.2) is 0 Å². The van der Waals surface area contributed by atoms with Crippen molar-refractivity contribution in [3.05, 3.63) is 36.3 Å². The largest absolute Gasteiger partial charge is 0.508 e. The summed E-state index contributed by atoms with van der Waals surface area (Å²) in [5.74, 6) is -0.803. The van der Waals surface area contributed by atoms with Gasteiger partial charge in [0.05, 0.1) is 9.60 Å². The molecule has 1 aromatic rings. The van der Waals surface area contributed by atoms with Crippen molar-refractivity contribution in [3.8, 4) is 5.75 Å². The Bertz CT molecular complexity index is 447. The fourth-order valence-corrected chi connectivity index (χ4v) is 0.368. The van der Waals surface area contributed by atoms with Crippen LogP contribution in [0.15, 0.2) is 30.7 Å². The van der Waals surface area contributed by atoms with Crippen molar-refractivity contribution in [2.45, 2.75) is 0 Å². The molecule has 0 unspecified atom stereocenters. The number of rotatable bonds is 1. The molecule has 0 heterocycles. The first-order valence-electron chi connectivity index (χ1n) is 5.72. The standard InChI is InChI=1S/C8H8O/c1-2-7-3-5-8(9)6-4-7/h2-6,9H,1H2/i1D2,2D,3D,4D,5D,6D. The van der Waals surface area contributed by atoms with Crippen molar-refractivity contribution >= 4 is 6.05 Å². The van der Waals surface area contributed by atoms with E-state index in [-0.39, 0.29) is 0 Å². The summed E-state index contributed by atoms with van der Waals surface area (Å²) in [6, 6.07) is -3.32. The van der Waals surface area contributed by atoms with E-state index in [1.54, 1.807) is 0 Å². The molecule has 1 rings (SSSR count). The van der Waals surface area contributed by atoms with E-state index in [1.165, 1.54) is 0 Å². The Hall–Kier alpha value is -1.24. The summed E-state index contributed by atoms with van der Waals surface area (Å²) in [5.41, 5.74) is -0.451. The molecule has 0 aliphatic carbocycles. The van der Waals surface area contributed by atoms with Crippen LogP contribution >= 0.6 is 0 Å². The number of benzene rings is 1. The highest BCUT2D eigenvalue weighted by Crippen LogP contribution is 2.09. The predicted octanol–water partition coefficient (Wildman–Crippen LogP) is 2.04. The number of phenols is 1. The normalized spacial score (nSPS) is 19.3. The van der Waals surface area contributed by atoms with Crippen LogP contribution in [0.25, 0.3) is 6.05 Å². The molecule has 0 atom stereocenters. The lowest BCUT2D eigenvalue weighted by Crippen LogP contribution is -1.67. The quantitative estimate of drug-likeness (QED) is 0.612. The van der Waals surface area contributed by atoms with E-state index in [0.29, 0.717) is 0 Å². The van der Waals surface area contributed by atoms with Crippen LogP contribution in [0.4, 0.5) is 0 Å². The third-order valence-electron chi connectivity index (χ3n) is 0.737. The van der Waals surface area contributed by atoms with Crippen LogP contribution in [0.1, 0.15) is 15.2 Å². The second kappa shape index (κ2) is 2.35. The van der Waals surface area contributed by atoms with Gasteiger partial charge in [-0.15, -0.1) is 0 Å². The minimum Gasteiger partial charge on any atom is -0.508 e. The van der Waals surface area contributed by atoms with Gasteiger partial charge in [0.1, 0.15) is 5.75 Å². The van der Waals surface area contributed by atoms with E-state index in [1.807, 2.05) is 0 Å². The third kappa shape index (κ3) is 1.32. The van der Waals surface area contributed by atoms with Crippen molar-refractivity contribution in [2.24, 2.45) is 0 Å². The fraction of sp³-hybridized carbons (Fsp3) is 0. The Morgan fingerprint density at radius 3 is 2.89 bits per heavy atom. The van der Waals surface area contributed by atoms with Gasteiger partial charge in [0.25, 0.3) is 0 Å². The highest BCUT2D eigenvalue weighted by molar-refractivity contribution is 5.47. The topological polar surface area (TPSA) is 20.2 Å². The van der Waals surface area contributed by atoms with Crippen molar-refractivity contribution in [1.82, 2.24) is 0 Å². The second-order valence-electron chi connectivity index (χ2n) is 1.35. The molecular formula is C8H8O. The van der Waals surface area contributed by atoms with E-state index in [2.05, 4.69) is 0 Å². The average molecular weight is 127 g/mol. The summed E-state index contributed by atoms with van der Waals surface area (Å²) >= 11 is 0. The van der Waals surface area contributed by atoms with Crippen LogP contribution in [0.3, 0.4) is 0 Å². The predicted molar refractivity (Wildman–Crippen MR) is 38.2 cm³/mol. The van der Waals surface area contributed by atoms with Crippen molar-refractivity contribution in [2.75, 3.05) is 0 Å². The second-order valence-corrected chi connectivity index (χ2v) is 1.35. The van der Waals surface area contributed by atoms with Crippen LogP contribution in [-0.2, 0) is 0 Å². The molecule has 0 fully saturated rings. The van der Waals surface area contributed by atoms with Gasteiger partial charge in [0.2, 0.25) is 0 Å². The van der Waals surface area contributed by atoms with E-state index in [9.17, 15) is 5.11 Å². The van der Waals surface area contributed by atoms with Gasteiger partial charge < -0.3 is 5.11 Å². The maximum absolute atomic E-state index is 9.23. The van der Waals surface area contributed by atoms with Crippen LogP contribution in [0, 0.1) is 0 Å². The molecule has 0 saturated heterocycles. The monoisotopic (exact) mass is 127 g/mol. The van der Waals surface area contributed by atoms with Gasteiger partial charge in [0.15, 0.2) is 0 Å². The molecule has 0 aliphatic rings. The molecule has 1 heteroatoms. The lowest BCUT2D eigenvalue weighted by atomic mass is 10.2. The molecule has 0 aliphatic heterocycles. The van der Waals surface area contributed by atoms with Gasteiger partial charge >= 0.3 is 0 Å². The van der Waals surface area contributed by atoms with E-state index >= 15 is 0 Å². The number of hydrogen-bond acceptors (Lipinski definition) is 1. The first kappa shape index (κ1) is 1.63. The van der Waals surface area contributed by atoms with Crippen LogP contribution in [-0.4, -0.2) is 5.11 Å². The van der Waals surface area contributed by atoms with Crippen molar-refractivity contribution < 1.29 is 14.7 Å². The molecule has 0 saturated carbocycles. The molecule has 0 aromatic heterocycles. The molecular weight excluding hydrogens is 112 g/mol. The summed E-state index contributed by atoms with van der Waals surface area (Å²) in [7, 11) is 0. The van der Waals surface area contributed by atoms with Gasteiger partial charge in [-0.05, 0) is 17.6 Å². The van der Waals surface area contributed by atoms with Crippen molar-refractivity contribution in [1.29, 1.82) is 0 Å². The summed E-state index contributed by atoms with van der Waals surface area (Å²) in [4.78, 5) is 0. The summed E-state index contributed by atoms with van der Waals surface area (Å²) in [6.45, 7) is -0.911. The minimum atomic E-state index is -0.911. The zero-order chi connectivity index (χ0) is 12.6. The van der Waals surface area contributed by atoms with Gasteiger partial charge in [0, 0.05) is 0 Å². The van der Waals surface area contributed by atoms with E-state index < -0.39 is 48.1 Å². The van der Waals surface area contributed by atoms with Crippen molar-refractivity contribution in [3.63, 3.8) is 0 Å². The Morgan fingerprint density at radius 2 is 2.33 bits per heavy atom. The molecule has 1 aromatic carbocycles. The number of hydrogen-bond donors (Lipinski definition) is 1. The van der Waals surface area contributed by atoms with Gasteiger partial charge in [-0.1, -0.05) is 24.7 Å². The number of aromatic hydroxyl groups is 1. The number of phenolic OH excluding ortho intramolecular Hbond substituents is 1. The SMILES string of the molecule is [2H]C([2H])=C([2H])c1c([2H])c([2H])c(O)c([2H])c1[2H]. The van der Waals surface area contributed by atoms with E-state index in [0.717, 1.165) is 0 Å². The lowest BCUT2D eigenvalue weighted by Gasteiger charge is -1.90. The third-order valence-corrected chi connectivity index (χ3v) is 0.737. The first-order chi connectivity index (χ1) is 7.29. The van der Waals surface area contributed by atoms with Crippen LogP contribution < -0.4 is 0 Å². The molecule has 46 valence electrons. The lowest BCUT2D eigenvalue weighted by molar-refractivity contribution is 0.475. The molecule has 0 spiro atoms. The highest BCUT2D eigenvalue weighted by Gasteiger charge is 1.84. The first-order valence-corrected chi connectivity index (χ1v) is 2.22. The van der Waals surface area contributed by atoms with Gasteiger partial charge in [-0.2, -0.15) is 0 Å². The van der Waals surface area contributed by atoms with Crippen LogP contribution in [0.2, 0.25) is 0 Å². The summed E-state index contributed by atoms with van der Waals surface area (Å²) in [5, 5.41) is 9.23. The van der Waals surface area contributed by atoms with Gasteiger partial charge in [-0.3, -0.25) is 0 Å². The maximum atomic E-state index is 9.23. The highest BCUT2D eigenvalue weighted by atomic mass is 16.3. The molecule has 9 heavy (non-hydrogen) atoms. The smallest absolute Gasteiger partial charge is 0.115 e. The molecule has 0 bridgehead atoms.